The molecule has 1 saturated heterocycles. The van der Waals surface area contributed by atoms with Crippen LogP contribution in [0.25, 0.3) is 0 Å². The van der Waals surface area contributed by atoms with E-state index in [-0.39, 0.29) is 12.6 Å². The van der Waals surface area contributed by atoms with Gasteiger partial charge in [-0.3, -0.25) is 0 Å². The first-order chi connectivity index (χ1) is 25.9. The molecule has 1 aromatic rings. The molecule has 8 heteroatoms. The molecule has 0 spiro atoms. The Balaban J connectivity index is 1.98. The number of rotatable bonds is 33. The summed E-state index contributed by atoms with van der Waals surface area (Å²) in [6, 6.07) is 9.08. The van der Waals surface area contributed by atoms with Crippen LogP contribution in [0.4, 0.5) is 0 Å². The number of carbonyl (C=O) groups excluding carboxylic acids is 1. The summed E-state index contributed by atoms with van der Waals surface area (Å²) in [7, 11) is 0. The van der Waals surface area contributed by atoms with Crippen LogP contribution in [0.5, 0.6) is 0 Å². The summed E-state index contributed by atoms with van der Waals surface area (Å²) in [6.45, 7) is 4.11. The first-order valence-corrected chi connectivity index (χ1v) is 21.8. The van der Waals surface area contributed by atoms with E-state index in [0.29, 0.717) is 12.0 Å². The van der Waals surface area contributed by atoms with Crippen LogP contribution in [-0.4, -0.2) is 76.4 Å². The summed E-state index contributed by atoms with van der Waals surface area (Å²) in [5.74, 6) is -0.356. The van der Waals surface area contributed by atoms with Crippen LogP contribution in [0, 0.1) is 0 Å². The lowest BCUT2D eigenvalue weighted by Gasteiger charge is -2.39. The molecule has 1 heterocycles. The zero-order valence-corrected chi connectivity index (χ0v) is 33.6. The highest BCUT2D eigenvalue weighted by atomic mass is 16.7. The van der Waals surface area contributed by atoms with Crippen LogP contribution in [0.2, 0.25) is 0 Å². The van der Waals surface area contributed by atoms with E-state index in [1.807, 2.05) is 24.3 Å². The smallest absolute Gasteiger partial charge is 0.338 e. The van der Waals surface area contributed by atoms with E-state index in [1.165, 1.54) is 128 Å². The van der Waals surface area contributed by atoms with E-state index in [0.717, 1.165) is 37.7 Å². The molecule has 53 heavy (non-hydrogen) atoms. The van der Waals surface area contributed by atoms with Crippen molar-refractivity contribution in [3.05, 3.63) is 47.5 Å². The van der Waals surface area contributed by atoms with Crippen molar-refractivity contribution in [2.24, 2.45) is 0 Å². The van der Waals surface area contributed by atoms with Crippen LogP contribution < -0.4 is 0 Å². The predicted octanol–water partition coefficient (Wildman–Crippen LogP) is 10.1. The quantitative estimate of drug-likeness (QED) is 0.0318. The second-order valence-corrected chi connectivity index (χ2v) is 15.5. The summed E-state index contributed by atoms with van der Waals surface area (Å²) in [5, 5.41) is 40.8. The van der Waals surface area contributed by atoms with Crippen molar-refractivity contribution in [3.63, 3.8) is 0 Å². The molecule has 0 aliphatic carbocycles. The van der Waals surface area contributed by atoms with E-state index in [1.54, 1.807) is 12.1 Å². The van der Waals surface area contributed by atoms with Gasteiger partial charge in [0.05, 0.1) is 18.8 Å². The number of hydrogen-bond donors (Lipinski definition) is 4. The maximum atomic E-state index is 13.2. The van der Waals surface area contributed by atoms with E-state index < -0.39 is 43.4 Å². The van der Waals surface area contributed by atoms with Gasteiger partial charge in [0.15, 0.2) is 6.29 Å². The lowest BCUT2D eigenvalue weighted by Crippen LogP contribution is -2.59. The molecule has 4 N–H and O–H groups in total. The SMILES string of the molecule is CCCCCCCCCCCCCC/C(=C\[C@H](CCCCCCCCCCCCCC)OC(=O)c1ccccc1)CO[C@@H]1O[C@H](CO)[C@@H](O)[C@H](O)[C@H]1O. The number of hydrogen-bond acceptors (Lipinski definition) is 8. The molecule has 1 aliphatic heterocycles. The molecule has 0 bridgehead atoms. The van der Waals surface area contributed by atoms with Gasteiger partial charge in [0.25, 0.3) is 0 Å². The molecule has 0 radical (unpaired) electrons. The van der Waals surface area contributed by atoms with Crippen molar-refractivity contribution in [2.45, 2.75) is 218 Å². The summed E-state index contributed by atoms with van der Waals surface area (Å²) >= 11 is 0. The van der Waals surface area contributed by atoms with Crippen LogP contribution in [0.3, 0.4) is 0 Å². The lowest BCUT2D eigenvalue weighted by atomic mass is 9.99. The van der Waals surface area contributed by atoms with Gasteiger partial charge in [-0.25, -0.2) is 4.79 Å². The van der Waals surface area contributed by atoms with E-state index in [4.69, 9.17) is 14.2 Å². The average Bonchev–Trinajstić information content (AvgIpc) is 3.17. The van der Waals surface area contributed by atoms with Gasteiger partial charge in [0, 0.05) is 0 Å². The van der Waals surface area contributed by atoms with Gasteiger partial charge in [-0.1, -0.05) is 173 Å². The van der Waals surface area contributed by atoms with Gasteiger partial charge < -0.3 is 34.6 Å². The van der Waals surface area contributed by atoms with Crippen molar-refractivity contribution in [3.8, 4) is 0 Å². The van der Waals surface area contributed by atoms with Crippen molar-refractivity contribution in [1.29, 1.82) is 0 Å². The predicted molar refractivity (Wildman–Crippen MR) is 215 cm³/mol. The monoisotopic (exact) mass is 747 g/mol. The molecule has 1 fully saturated rings. The lowest BCUT2D eigenvalue weighted by molar-refractivity contribution is -0.299. The van der Waals surface area contributed by atoms with E-state index in [2.05, 4.69) is 13.8 Å². The Morgan fingerprint density at radius 1 is 0.660 bits per heavy atom. The molecule has 8 nitrogen and oxygen atoms in total. The normalized spacial score (nSPS) is 21.2. The number of benzene rings is 1. The number of ether oxygens (including phenoxy) is 3. The van der Waals surface area contributed by atoms with Crippen molar-refractivity contribution < 1.29 is 39.4 Å². The minimum Gasteiger partial charge on any atom is -0.455 e. The first kappa shape index (κ1) is 47.3. The molecule has 6 atom stereocenters. The maximum Gasteiger partial charge on any atom is 0.338 e. The van der Waals surface area contributed by atoms with Crippen molar-refractivity contribution in [2.75, 3.05) is 13.2 Å². The number of aliphatic hydroxyl groups excluding tert-OH is 4. The van der Waals surface area contributed by atoms with Gasteiger partial charge >= 0.3 is 5.97 Å². The van der Waals surface area contributed by atoms with Crippen LogP contribution in [0.15, 0.2) is 42.0 Å². The molecule has 2 rings (SSSR count). The molecule has 1 aromatic carbocycles. The number of carbonyl (C=O) groups is 1. The number of aliphatic hydroxyl groups is 4. The number of unbranched alkanes of at least 4 members (excludes halogenated alkanes) is 22. The van der Waals surface area contributed by atoms with Crippen molar-refractivity contribution >= 4 is 5.97 Å². The minimum atomic E-state index is -1.50. The van der Waals surface area contributed by atoms with Gasteiger partial charge in [-0.05, 0) is 49.5 Å². The van der Waals surface area contributed by atoms with E-state index >= 15 is 0 Å². The zero-order valence-electron chi connectivity index (χ0n) is 33.6. The largest absolute Gasteiger partial charge is 0.455 e. The number of esters is 1. The molecule has 0 aromatic heterocycles. The Morgan fingerprint density at radius 3 is 1.62 bits per heavy atom. The van der Waals surface area contributed by atoms with Gasteiger partial charge in [-0.2, -0.15) is 0 Å². The average molecular weight is 747 g/mol. The maximum absolute atomic E-state index is 13.2. The Kier molecular flexibility index (Phi) is 28.0. The van der Waals surface area contributed by atoms with Gasteiger partial charge in [0.2, 0.25) is 0 Å². The highest BCUT2D eigenvalue weighted by molar-refractivity contribution is 5.89. The first-order valence-electron chi connectivity index (χ1n) is 21.8. The topological polar surface area (TPSA) is 126 Å². The van der Waals surface area contributed by atoms with Crippen molar-refractivity contribution in [1.82, 2.24) is 0 Å². The second kappa shape index (κ2) is 31.4. The third-order valence-corrected chi connectivity index (χ3v) is 10.7. The summed E-state index contributed by atoms with van der Waals surface area (Å²) in [6.07, 6.45) is 26.5. The highest BCUT2D eigenvalue weighted by Gasteiger charge is 2.44. The molecule has 0 unspecified atom stereocenters. The van der Waals surface area contributed by atoms with E-state index in [9.17, 15) is 25.2 Å². The summed E-state index contributed by atoms with van der Waals surface area (Å²) in [4.78, 5) is 13.2. The van der Waals surface area contributed by atoms with Gasteiger partial charge in [-0.15, -0.1) is 0 Å². The Bertz CT molecular complexity index is 1030. The summed E-state index contributed by atoms with van der Waals surface area (Å²) in [5.41, 5.74) is 1.46. The fourth-order valence-electron chi connectivity index (χ4n) is 7.20. The fourth-order valence-corrected chi connectivity index (χ4v) is 7.20. The molecule has 0 saturated carbocycles. The molecule has 1 aliphatic rings. The van der Waals surface area contributed by atoms with Gasteiger partial charge in [0.1, 0.15) is 30.5 Å². The van der Waals surface area contributed by atoms with Crippen LogP contribution in [-0.2, 0) is 14.2 Å². The third-order valence-electron chi connectivity index (χ3n) is 10.7. The second-order valence-electron chi connectivity index (χ2n) is 15.5. The highest BCUT2D eigenvalue weighted by Crippen LogP contribution is 2.25. The Labute approximate surface area is 323 Å². The molecule has 306 valence electrons. The zero-order chi connectivity index (χ0) is 38.4. The van der Waals surface area contributed by atoms with Crippen LogP contribution >= 0.6 is 0 Å². The minimum absolute atomic E-state index is 0.110. The standard InChI is InChI=1S/C45H78O8/c1-3-5-7-9-11-13-15-17-19-21-23-26-30-37(36-51-45-43(49)42(48)41(47)40(35-46)53-45)34-39(52-44(50)38-31-27-25-28-32-38)33-29-24-22-20-18-16-14-12-10-8-6-4-2/h25,27-28,31-32,34,39-43,45-49H,3-24,26,29-30,33,35-36H2,1-2H3/b37-34+/t39-,40+,41+,42-,43+,45+/m0/s1. The summed E-state index contributed by atoms with van der Waals surface area (Å²) < 4.78 is 17.7. The fraction of sp³-hybridized carbons (Fsp3) is 0.800. The van der Waals surface area contributed by atoms with Crippen LogP contribution in [0.1, 0.15) is 191 Å². The third kappa shape index (κ3) is 21.8. The molecular formula is C45H78O8. The Hall–Kier alpha value is -1.81. The molecular weight excluding hydrogens is 668 g/mol. The Morgan fingerprint density at radius 2 is 1.13 bits per heavy atom. The molecule has 0 amide bonds.